The van der Waals surface area contributed by atoms with Crippen LogP contribution in [0.3, 0.4) is 0 Å². The van der Waals surface area contributed by atoms with Gasteiger partial charge in [0.2, 0.25) is 5.95 Å². The highest BCUT2D eigenvalue weighted by atomic mass is 35.5. The van der Waals surface area contributed by atoms with Crippen molar-refractivity contribution in [2.45, 2.75) is 6.42 Å². The highest BCUT2D eigenvalue weighted by Gasteiger charge is 2.06. The molecule has 19 heavy (non-hydrogen) atoms. The molecule has 0 atom stereocenters. The quantitative estimate of drug-likeness (QED) is 0.828. The van der Waals surface area contributed by atoms with Gasteiger partial charge in [-0.25, -0.2) is 4.98 Å². The summed E-state index contributed by atoms with van der Waals surface area (Å²) in [7, 11) is 1.69. The van der Waals surface area contributed by atoms with Gasteiger partial charge in [0.25, 0.3) is 0 Å². The number of anilines is 1. The Hall–Kier alpha value is -1.23. The molecule has 1 N–H and O–H groups in total. The zero-order chi connectivity index (χ0) is 13.7. The maximum atomic E-state index is 6.01. The smallest absolute Gasteiger partial charge is 0.207 e. The van der Waals surface area contributed by atoms with Gasteiger partial charge in [0, 0.05) is 42.7 Å². The molecule has 0 saturated heterocycles. The Labute approximate surface area is 122 Å². The number of methoxy groups -OCH3 is 1. The van der Waals surface area contributed by atoms with Crippen LogP contribution in [0.5, 0.6) is 0 Å². The number of ether oxygens (including phenoxy) is 1. The van der Waals surface area contributed by atoms with E-state index in [1.165, 1.54) is 0 Å². The fourth-order valence-corrected chi connectivity index (χ4v) is 2.25. The second kappa shape index (κ2) is 6.80. The second-order valence-electron chi connectivity index (χ2n) is 4.02. The van der Waals surface area contributed by atoms with Gasteiger partial charge in [0.15, 0.2) is 0 Å². The Morgan fingerprint density at radius 1 is 1.26 bits per heavy atom. The van der Waals surface area contributed by atoms with Crippen molar-refractivity contribution < 1.29 is 4.74 Å². The van der Waals surface area contributed by atoms with Crippen LogP contribution in [0.4, 0.5) is 5.95 Å². The van der Waals surface area contributed by atoms with Gasteiger partial charge >= 0.3 is 0 Å². The van der Waals surface area contributed by atoms with Crippen LogP contribution >= 0.6 is 23.2 Å². The molecule has 1 aromatic heterocycles. The number of aromatic nitrogens is 2. The average Bonchev–Trinajstić information content (AvgIpc) is 2.82. The molecular formula is C13H15Cl2N3O. The summed E-state index contributed by atoms with van der Waals surface area (Å²) in [4.78, 5) is 4.27. The van der Waals surface area contributed by atoms with Crippen LogP contribution in [-0.4, -0.2) is 29.8 Å². The molecule has 0 fully saturated rings. The average molecular weight is 300 g/mol. The van der Waals surface area contributed by atoms with Gasteiger partial charge in [0.05, 0.1) is 5.69 Å². The molecule has 0 amide bonds. The van der Waals surface area contributed by atoms with Crippen molar-refractivity contribution in [3.8, 4) is 5.69 Å². The second-order valence-corrected chi connectivity index (χ2v) is 4.89. The zero-order valence-electron chi connectivity index (χ0n) is 10.6. The van der Waals surface area contributed by atoms with Gasteiger partial charge in [-0.15, -0.1) is 0 Å². The van der Waals surface area contributed by atoms with Crippen molar-refractivity contribution in [3.63, 3.8) is 0 Å². The lowest BCUT2D eigenvalue weighted by Crippen LogP contribution is -2.09. The number of halogens is 2. The number of hydrogen-bond donors (Lipinski definition) is 1. The van der Waals surface area contributed by atoms with Gasteiger partial charge in [-0.2, -0.15) is 0 Å². The number of hydrogen-bond acceptors (Lipinski definition) is 3. The molecule has 4 nitrogen and oxygen atoms in total. The first kappa shape index (κ1) is 14.2. The molecule has 2 rings (SSSR count). The van der Waals surface area contributed by atoms with Crippen molar-refractivity contribution in [1.82, 2.24) is 9.55 Å². The van der Waals surface area contributed by atoms with E-state index in [-0.39, 0.29) is 0 Å². The van der Waals surface area contributed by atoms with Gasteiger partial charge in [-0.3, -0.25) is 4.57 Å². The van der Waals surface area contributed by atoms with E-state index < -0.39 is 0 Å². The monoisotopic (exact) mass is 299 g/mol. The summed E-state index contributed by atoms with van der Waals surface area (Å²) in [5.74, 6) is 0.759. The third kappa shape index (κ3) is 3.86. The normalized spacial score (nSPS) is 10.7. The highest BCUT2D eigenvalue weighted by Crippen LogP contribution is 2.23. The lowest BCUT2D eigenvalue weighted by molar-refractivity contribution is 0.197. The van der Waals surface area contributed by atoms with Gasteiger partial charge in [-0.05, 0) is 24.6 Å². The maximum absolute atomic E-state index is 6.01. The molecule has 0 spiro atoms. The number of benzene rings is 1. The summed E-state index contributed by atoms with van der Waals surface area (Å²) in [5, 5.41) is 4.45. The fraction of sp³-hybridized carbons (Fsp3) is 0.308. The third-order valence-electron chi connectivity index (χ3n) is 2.57. The minimum atomic E-state index is 0.599. The Balaban J connectivity index is 2.14. The predicted octanol–water partition coefficient (Wildman–Crippen LogP) is 3.63. The maximum Gasteiger partial charge on any atom is 0.207 e. The molecule has 2 aromatic rings. The van der Waals surface area contributed by atoms with Crippen molar-refractivity contribution in [2.24, 2.45) is 0 Å². The predicted molar refractivity (Wildman–Crippen MR) is 78.6 cm³/mol. The zero-order valence-corrected chi connectivity index (χ0v) is 12.1. The minimum absolute atomic E-state index is 0.599. The van der Waals surface area contributed by atoms with Crippen LogP contribution in [0.25, 0.3) is 5.69 Å². The van der Waals surface area contributed by atoms with E-state index in [9.17, 15) is 0 Å². The molecule has 0 aliphatic rings. The molecule has 0 aliphatic heterocycles. The van der Waals surface area contributed by atoms with Crippen molar-refractivity contribution in [2.75, 3.05) is 25.6 Å². The van der Waals surface area contributed by atoms with Crippen LogP contribution in [0, 0.1) is 0 Å². The first-order valence-electron chi connectivity index (χ1n) is 5.93. The van der Waals surface area contributed by atoms with Crippen LogP contribution in [0.1, 0.15) is 6.42 Å². The van der Waals surface area contributed by atoms with E-state index in [0.29, 0.717) is 10.0 Å². The van der Waals surface area contributed by atoms with Crippen molar-refractivity contribution in [3.05, 3.63) is 40.6 Å². The van der Waals surface area contributed by atoms with E-state index in [0.717, 1.165) is 31.2 Å². The summed E-state index contributed by atoms with van der Waals surface area (Å²) in [6.45, 7) is 1.51. The van der Waals surface area contributed by atoms with Crippen molar-refractivity contribution >= 4 is 29.2 Å². The molecule has 0 saturated carbocycles. The standard InChI is InChI=1S/C13H15Cl2N3O/c1-19-6-2-3-16-13-17-4-5-18(13)12-8-10(14)7-11(15)9-12/h4-5,7-9H,2-3,6H2,1H3,(H,16,17). The highest BCUT2D eigenvalue weighted by molar-refractivity contribution is 6.34. The molecule has 0 unspecified atom stereocenters. The SMILES string of the molecule is COCCCNc1nccn1-c1cc(Cl)cc(Cl)c1. The Bertz CT molecular complexity index is 522. The van der Waals surface area contributed by atoms with Crippen LogP contribution in [-0.2, 0) is 4.74 Å². The van der Waals surface area contributed by atoms with Gasteiger partial charge < -0.3 is 10.1 Å². The summed E-state index contributed by atoms with van der Waals surface area (Å²) < 4.78 is 6.91. The fourth-order valence-electron chi connectivity index (χ4n) is 1.74. The lowest BCUT2D eigenvalue weighted by atomic mass is 10.3. The van der Waals surface area contributed by atoms with E-state index in [1.54, 1.807) is 19.4 Å². The van der Waals surface area contributed by atoms with Crippen molar-refractivity contribution in [1.29, 1.82) is 0 Å². The van der Waals surface area contributed by atoms with E-state index >= 15 is 0 Å². The third-order valence-corrected chi connectivity index (χ3v) is 3.01. The topological polar surface area (TPSA) is 39.1 Å². The molecule has 0 bridgehead atoms. The van der Waals surface area contributed by atoms with Crippen LogP contribution in [0.15, 0.2) is 30.6 Å². The number of nitrogens with one attached hydrogen (secondary N) is 1. The summed E-state index contributed by atoms with van der Waals surface area (Å²) >= 11 is 12.0. The summed E-state index contributed by atoms with van der Waals surface area (Å²) in [6, 6.07) is 5.39. The molecule has 0 aliphatic carbocycles. The Morgan fingerprint density at radius 3 is 2.68 bits per heavy atom. The van der Waals surface area contributed by atoms with Crippen LogP contribution < -0.4 is 5.32 Å². The molecule has 102 valence electrons. The number of rotatable bonds is 6. The molecule has 1 heterocycles. The largest absolute Gasteiger partial charge is 0.385 e. The van der Waals surface area contributed by atoms with Gasteiger partial charge in [-0.1, -0.05) is 23.2 Å². The first-order valence-corrected chi connectivity index (χ1v) is 6.69. The van der Waals surface area contributed by atoms with E-state index in [1.807, 2.05) is 22.9 Å². The van der Waals surface area contributed by atoms with Gasteiger partial charge in [0.1, 0.15) is 0 Å². The molecule has 6 heteroatoms. The first-order chi connectivity index (χ1) is 9.20. The number of nitrogens with zero attached hydrogens (tertiary/aromatic N) is 2. The lowest BCUT2D eigenvalue weighted by Gasteiger charge is -2.10. The molecule has 0 radical (unpaired) electrons. The summed E-state index contributed by atoms with van der Waals surface area (Å²) in [6.07, 6.45) is 4.51. The van der Waals surface area contributed by atoms with E-state index in [4.69, 9.17) is 27.9 Å². The Kier molecular flexibility index (Phi) is 5.07. The minimum Gasteiger partial charge on any atom is -0.385 e. The molecular weight excluding hydrogens is 285 g/mol. The Morgan fingerprint density at radius 2 is 2.00 bits per heavy atom. The molecule has 1 aromatic carbocycles. The number of imidazole rings is 1. The van der Waals surface area contributed by atoms with E-state index in [2.05, 4.69) is 10.3 Å². The summed E-state index contributed by atoms with van der Waals surface area (Å²) in [5.41, 5.74) is 0.879. The van der Waals surface area contributed by atoms with Crippen LogP contribution in [0.2, 0.25) is 10.0 Å².